The van der Waals surface area contributed by atoms with E-state index in [1.807, 2.05) is 4.90 Å². The lowest BCUT2D eigenvalue weighted by atomic mass is 9.71. The maximum Gasteiger partial charge on any atom is 0.303 e. The van der Waals surface area contributed by atoms with E-state index < -0.39 is 35.0 Å². The number of alkyl halides is 1. The van der Waals surface area contributed by atoms with Gasteiger partial charge < -0.3 is 15.6 Å². The minimum Gasteiger partial charge on any atom is -0.497 e. The molecule has 1 aliphatic heterocycles. The highest BCUT2D eigenvalue weighted by molar-refractivity contribution is 5.85. The van der Waals surface area contributed by atoms with Crippen LogP contribution in [-0.2, 0) is 11.3 Å². The lowest BCUT2D eigenvalue weighted by Gasteiger charge is -2.41. The van der Waals surface area contributed by atoms with Gasteiger partial charge in [-0.05, 0) is 74.0 Å². The highest BCUT2D eigenvalue weighted by atomic mass is 19.2. The van der Waals surface area contributed by atoms with Gasteiger partial charge in [0.25, 0.3) is 0 Å². The van der Waals surface area contributed by atoms with Crippen molar-refractivity contribution >= 4 is 16.9 Å². The van der Waals surface area contributed by atoms with E-state index in [2.05, 4.69) is 16.8 Å². The van der Waals surface area contributed by atoms with Crippen LogP contribution in [0.25, 0.3) is 10.9 Å². The van der Waals surface area contributed by atoms with Crippen molar-refractivity contribution in [3.05, 3.63) is 70.7 Å². The number of fused-ring (bicyclic) bond motifs is 1. The molecule has 2 aromatic carbocycles. The number of nitrogens with two attached hydrogens (primary N) is 1. The van der Waals surface area contributed by atoms with E-state index in [1.54, 1.807) is 24.4 Å². The van der Waals surface area contributed by atoms with E-state index in [4.69, 9.17) is 10.5 Å². The normalized spacial score (nSPS) is 15.8. The minimum absolute atomic E-state index is 0.0956. The van der Waals surface area contributed by atoms with Gasteiger partial charge in [-0.15, -0.1) is 0 Å². The monoisotopic (exact) mass is 557 g/mol. The molecule has 1 fully saturated rings. The van der Waals surface area contributed by atoms with E-state index in [-0.39, 0.29) is 31.5 Å². The Bertz CT molecular complexity index is 1440. The van der Waals surface area contributed by atoms with Crippen molar-refractivity contribution in [2.45, 2.75) is 44.8 Å². The van der Waals surface area contributed by atoms with Crippen LogP contribution < -0.4 is 10.5 Å². The number of hydrogen-bond acceptors (Lipinski definition) is 5. The van der Waals surface area contributed by atoms with Gasteiger partial charge >= 0.3 is 5.97 Å². The van der Waals surface area contributed by atoms with Crippen molar-refractivity contribution in [2.75, 3.05) is 26.7 Å². The van der Waals surface area contributed by atoms with Crippen LogP contribution in [0.15, 0.2) is 36.5 Å². The fourth-order valence-corrected chi connectivity index (χ4v) is 5.39. The SMILES string of the molecule is COc1ccc2ncc(CN)c(C(F)CCC3(CC(=O)O)CCN(CC#Cc4cc(F)cc(F)c4F)CC3)c2c1. The molecule has 6 nitrogen and oxygen atoms in total. The average Bonchev–Trinajstić information content (AvgIpc) is 2.94. The third-order valence-electron chi connectivity index (χ3n) is 7.62. The molecule has 4 rings (SSSR count). The summed E-state index contributed by atoms with van der Waals surface area (Å²) in [7, 11) is 1.53. The van der Waals surface area contributed by atoms with Gasteiger partial charge in [0.1, 0.15) is 17.7 Å². The number of carboxylic acid groups (broad SMARTS) is 1. The second kappa shape index (κ2) is 12.7. The smallest absolute Gasteiger partial charge is 0.303 e. The van der Waals surface area contributed by atoms with E-state index in [0.717, 1.165) is 6.07 Å². The summed E-state index contributed by atoms with van der Waals surface area (Å²) in [6.07, 6.45) is 1.57. The van der Waals surface area contributed by atoms with Crippen molar-refractivity contribution in [2.24, 2.45) is 11.1 Å². The zero-order valence-corrected chi connectivity index (χ0v) is 22.2. The van der Waals surface area contributed by atoms with Crippen LogP contribution in [0.5, 0.6) is 5.75 Å². The average molecular weight is 558 g/mol. The predicted octanol–water partition coefficient (Wildman–Crippen LogP) is 5.52. The number of aliphatic carboxylic acids is 1. The first-order valence-corrected chi connectivity index (χ1v) is 13.0. The quantitative estimate of drug-likeness (QED) is 0.205. The summed E-state index contributed by atoms with van der Waals surface area (Å²) < 4.78 is 61.9. The Balaban J connectivity index is 1.46. The minimum atomic E-state index is -1.38. The van der Waals surface area contributed by atoms with Crippen molar-refractivity contribution in [1.82, 2.24) is 9.88 Å². The molecule has 10 heteroatoms. The topological polar surface area (TPSA) is 88.7 Å². The number of likely N-dealkylation sites (tertiary alicyclic amines) is 1. The summed E-state index contributed by atoms with van der Waals surface area (Å²) in [4.78, 5) is 18.1. The van der Waals surface area contributed by atoms with Gasteiger partial charge in [-0.3, -0.25) is 14.7 Å². The Hall–Kier alpha value is -3.68. The summed E-state index contributed by atoms with van der Waals surface area (Å²) in [5.74, 6) is 1.42. The molecule has 3 N–H and O–H groups in total. The van der Waals surface area contributed by atoms with Crippen LogP contribution in [0.2, 0.25) is 0 Å². The molecule has 0 radical (unpaired) electrons. The number of aromatic nitrogens is 1. The maximum atomic E-state index is 15.9. The largest absolute Gasteiger partial charge is 0.497 e. The zero-order chi connectivity index (χ0) is 28.9. The van der Waals surface area contributed by atoms with Gasteiger partial charge in [-0.1, -0.05) is 11.8 Å². The van der Waals surface area contributed by atoms with Crippen molar-refractivity contribution in [1.29, 1.82) is 0 Å². The molecular formula is C30H31F4N3O3. The Morgan fingerprint density at radius 3 is 2.65 bits per heavy atom. The standard InChI is InChI=1S/C30H31F4N3O3/c1-40-22-4-5-26-23(15-22)28(20(17-35)18-36-26)24(32)6-7-30(16-27(38)39)8-11-37(12-9-30)10-2-3-19-13-21(31)14-25(33)29(19)34/h4-5,13-15,18,24H,6-12,16-17,35H2,1H3,(H,38,39). The second-order valence-electron chi connectivity index (χ2n) is 10.2. The molecule has 1 saturated heterocycles. The molecule has 0 bridgehead atoms. The summed E-state index contributed by atoms with van der Waals surface area (Å²) >= 11 is 0. The number of benzene rings is 2. The first-order chi connectivity index (χ1) is 19.1. The molecule has 1 atom stereocenters. The Labute approximate surface area is 230 Å². The van der Waals surface area contributed by atoms with Gasteiger partial charge in [-0.2, -0.15) is 0 Å². The number of hydrogen-bond donors (Lipinski definition) is 2. The van der Waals surface area contributed by atoms with Crippen LogP contribution in [-0.4, -0.2) is 47.7 Å². The molecule has 1 unspecified atom stereocenters. The molecule has 0 saturated carbocycles. The molecule has 1 aliphatic rings. The van der Waals surface area contributed by atoms with Crippen LogP contribution >= 0.6 is 0 Å². The fourth-order valence-electron chi connectivity index (χ4n) is 5.39. The molecule has 0 aliphatic carbocycles. The molecule has 40 heavy (non-hydrogen) atoms. The number of ether oxygens (including phenoxy) is 1. The van der Waals surface area contributed by atoms with Gasteiger partial charge in [-0.25, -0.2) is 17.6 Å². The van der Waals surface area contributed by atoms with Gasteiger partial charge in [0.15, 0.2) is 11.6 Å². The Morgan fingerprint density at radius 1 is 1.23 bits per heavy atom. The summed E-state index contributed by atoms with van der Waals surface area (Å²) in [5, 5.41) is 10.2. The molecule has 1 aromatic heterocycles. The van der Waals surface area contributed by atoms with Gasteiger partial charge in [0.05, 0.1) is 31.2 Å². The van der Waals surface area contributed by atoms with Crippen molar-refractivity contribution < 1.29 is 32.2 Å². The third-order valence-corrected chi connectivity index (χ3v) is 7.62. The highest BCUT2D eigenvalue weighted by Gasteiger charge is 2.37. The number of nitrogens with zero attached hydrogens (tertiary/aromatic N) is 2. The van der Waals surface area contributed by atoms with Gasteiger partial charge in [0.2, 0.25) is 0 Å². The van der Waals surface area contributed by atoms with Crippen LogP contribution in [0.3, 0.4) is 0 Å². The number of carboxylic acids is 1. The molecule has 0 spiro atoms. The molecule has 3 aromatic rings. The zero-order valence-electron chi connectivity index (χ0n) is 22.2. The summed E-state index contributed by atoms with van der Waals surface area (Å²) in [6, 6.07) is 6.54. The maximum absolute atomic E-state index is 15.9. The van der Waals surface area contributed by atoms with E-state index in [0.29, 0.717) is 66.2 Å². The summed E-state index contributed by atoms with van der Waals surface area (Å²) in [5.41, 5.74) is 6.59. The highest BCUT2D eigenvalue weighted by Crippen LogP contribution is 2.43. The molecule has 0 amide bonds. The number of methoxy groups -OCH3 is 1. The van der Waals surface area contributed by atoms with Gasteiger partial charge in [0, 0.05) is 29.8 Å². The van der Waals surface area contributed by atoms with Crippen molar-refractivity contribution in [3.63, 3.8) is 0 Å². The first kappa shape index (κ1) is 29.3. The third kappa shape index (κ3) is 6.72. The Morgan fingerprint density at radius 2 is 1.98 bits per heavy atom. The van der Waals surface area contributed by atoms with Crippen molar-refractivity contribution in [3.8, 4) is 17.6 Å². The lowest BCUT2D eigenvalue weighted by Crippen LogP contribution is -2.41. The number of carbonyl (C=O) groups is 1. The van der Waals surface area contributed by atoms with Crippen LogP contribution in [0, 0.1) is 34.7 Å². The molecule has 212 valence electrons. The Kier molecular flexibility index (Phi) is 9.28. The number of piperidine rings is 1. The summed E-state index contributed by atoms with van der Waals surface area (Å²) in [6.45, 7) is 1.33. The number of pyridine rings is 1. The van der Waals surface area contributed by atoms with E-state index >= 15 is 4.39 Å². The number of halogens is 4. The molecule has 2 heterocycles. The fraction of sp³-hybridized carbons (Fsp3) is 0.400. The van der Waals surface area contributed by atoms with Crippen LogP contribution in [0.1, 0.15) is 55.0 Å². The van der Waals surface area contributed by atoms with E-state index in [9.17, 15) is 23.1 Å². The number of rotatable bonds is 9. The lowest BCUT2D eigenvalue weighted by molar-refractivity contribution is -0.141. The van der Waals surface area contributed by atoms with Crippen LogP contribution in [0.4, 0.5) is 17.6 Å². The van der Waals surface area contributed by atoms with E-state index in [1.165, 1.54) is 7.11 Å². The second-order valence-corrected chi connectivity index (χ2v) is 10.2. The predicted molar refractivity (Wildman–Crippen MR) is 143 cm³/mol. The molecular weight excluding hydrogens is 526 g/mol. The first-order valence-electron chi connectivity index (χ1n) is 13.0.